The summed E-state index contributed by atoms with van der Waals surface area (Å²) in [5, 5.41) is 2.84. The molecule has 1 heterocycles. The molecule has 0 saturated carbocycles. The standard InChI is InChI=1S/C17H15BrN2O3/c1-2-20-14-7-6-13(9-15(14)23-10-16(20)21)19-17(22)11-4-3-5-12(18)8-11/h3-9H,2,10H2,1H3,(H,19,22). The number of benzene rings is 2. The third-order valence-electron chi connectivity index (χ3n) is 3.56. The number of hydrogen-bond donors (Lipinski definition) is 1. The molecular weight excluding hydrogens is 360 g/mol. The van der Waals surface area contributed by atoms with Crippen LogP contribution in [0.3, 0.4) is 0 Å². The summed E-state index contributed by atoms with van der Waals surface area (Å²) in [6.45, 7) is 2.51. The minimum Gasteiger partial charge on any atom is -0.481 e. The van der Waals surface area contributed by atoms with Gasteiger partial charge in [0.25, 0.3) is 11.8 Å². The molecule has 2 aromatic rings. The summed E-state index contributed by atoms with van der Waals surface area (Å²) in [6, 6.07) is 12.4. The summed E-state index contributed by atoms with van der Waals surface area (Å²) in [4.78, 5) is 25.7. The van der Waals surface area contributed by atoms with Crippen LogP contribution in [0.25, 0.3) is 0 Å². The van der Waals surface area contributed by atoms with E-state index in [1.165, 1.54) is 0 Å². The minimum absolute atomic E-state index is 0.0177. The van der Waals surface area contributed by atoms with Crippen molar-refractivity contribution in [3.05, 3.63) is 52.5 Å². The first-order valence-corrected chi connectivity index (χ1v) is 8.02. The Labute approximate surface area is 142 Å². The first kappa shape index (κ1) is 15.6. The smallest absolute Gasteiger partial charge is 0.265 e. The van der Waals surface area contributed by atoms with Gasteiger partial charge >= 0.3 is 0 Å². The molecule has 0 fully saturated rings. The van der Waals surface area contributed by atoms with Gasteiger partial charge in [0.15, 0.2) is 6.61 Å². The van der Waals surface area contributed by atoms with Gasteiger partial charge in [-0.3, -0.25) is 9.59 Å². The molecule has 23 heavy (non-hydrogen) atoms. The van der Waals surface area contributed by atoms with Crippen molar-refractivity contribution >= 4 is 39.1 Å². The van der Waals surface area contributed by atoms with E-state index in [0.717, 1.165) is 10.2 Å². The predicted octanol–water partition coefficient (Wildman–Crippen LogP) is 3.45. The van der Waals surface area contributed by atoms with Crippen LogP contribution in [0, 0.1) is 0 Å². The van der Waals surface area contributed by atoms with Crippen LogP contribution in [0.4, 0.5) is 11.4 Å². The molecule has 3 rings (SSSR count). The number of fused-ring (bicyclic) bond motifs is 1. The molecule has 0 atom stereocenters. The van der Waals surface area contributed by atoms with E-state index in [0.29, 0.717) is 23.5 Å². The Morgan fingerprint density at radius 2 is 2.13 bits per heavy atom. The number of likely N-dealkylation sites (N-methyl/N-ethyl adjacent to an activating group) is 1. The normalized spacial score (nSPS) is 13.3. The maximum absolute atomic E-state index is 12.3. The van der Waals surface area contributed by atoms with Crippen LogP contribution >= 0.6 is 15.9 Å². The molecule has 0 saturated heterocycles. The molecule has 1 aliphatic heterocycles. The molecule has 0 aliphatic carbocycles. The summed E-state index contributed by atoms with van der Waals surface area (Å²) < 4.78 is 6.31. The SMILES string of the molecule is CCN1C(=O)COc2cc(NC(=O)c3cccc(Br)c3)ccc21. The molecule has 0 spiro atoms. The van der Waals surface area contributed by atoms with Crippen LogP contribution in [0.5, 0.6) is 5.75 Å². The van der Waals surface area contributed by atoms with Gasteiger partial charge in [0.05, 0.1) is 5.69 Å². The molecule has 0 unspecified atom stereocenters. The van der Waals surface area contributed by atoms with E-state index >= 15 is 0 Å². The Balaban J connectivity index is 1.82. The monoisotopic (exact) mass is 374 g/mol. The largest absolute Gasteiger partial charge is 0.481 e. The Morgan fingerprint density at radius 1 is 1.30 bits per heavy atom. The van der Waals surface area contributed by atoms with Gasteiger partial charge in [-0.05, 0) is 37.3 Å². The van der Waals surface area contributed by atoms with Crippen molar-refractivity contribution in [2.24, 2.45) is 0 Å². The zero-order valence-corrected chi connectivity index (χ0v) is 14.1. The van der Waals surface area contributed by atoms with E-state index in [-0.39, 0.29) is 18.4 Å². The van der Waals surface area contributed by atoms with Gasteiger partial charge in [-0.2, -0.15) is 0 Å². The third kappa shape index (κ3) is 3.22. The van der Waals surface area contributed by atoms with Gasteiger partial charge in [-0.25, -0.2) is 0 Å². The number of carbonyl (C=O) groups excluding carboxylic acids is 2. The topological polar surface area (TPSA) is 58.6 Å². The van der Waals surface area contributed by atoms with Gasteiger partial charge in [0, 0.05) is 28.3 Å². The van der Waals surface area contributed by atoms with Gasteiger partial charge in [0.2, 0.25) is 0 Å². The zero-order valence-electron chi connectivity index (χ0n) is 12.5. The Kier molecular flexibility index (Phi) is 4.34. The fourth-order valence-electron chi connectivity index (χ4n) is 2.46. The van der Waals surface area contributed by atoms with Crippen LogP contribution in [-0.4, -0.2) is 25.0 Å². The molecule has 1 N–H and O–H groups in total. The maximum Gasteiger partial charge on any atom is 0.265 e. The van der Waals surface area contributed by atoms with Crippen molar-refractivity contribution in [1.82, 2.24) is 0 Å². The summed E-state index contributed by atoms with van der Waals surface area (Å²) in [6.07, 6.45) is 0. The third-order valence-corrected chi connectivity index (χ3v) is 4.06. The van der Waals surface area contributed by atoms with Crippen LogP contribution in [-0.2, 0) is 4.79 Å². The lowest BCUT2D eigenvalue weighted by molar-refractivity contribution is -0.121. The van der Waals surface area contributed by atoms with Gasteiger partial charge < -0.3 is 15.0 Å². The fourth-order valence-corrected chi connectivity index (χ4v) is 2.86. The molecule has 5 nitrogen and oxygen atoms in total. The number of amides is 2. The van der Waals surface area contributed by atoms with E-state index in [2.05, 4.69) is 21.2 Å². The van der Waals surface area contributed by atoms with E-state index < -0.39 is 0 Å². The molecule has 1 aliphatic rings. The van der Waals surface area contributed by atoms with Crippen molar-refractivity contribution in [1.29, 1.82) is 0 Å². The lowest BCUT2D eigenvalue weighted by Gasteiger charge is -2.28. The number of hydrogen-bond acceptors (Lipinski definition) is 3. The maximum atomic E-state index is 12.3. The van der Waals surface area contributed by atoms with E-state index in [1.54, 1.807) is 41.3 Å². The number of nitrogens with zero attached hydrogens (tertiary/aromatic N) is 1. The summed E-state index contributed by atoms with van der Waals surface area (Å²) >= 11 is 3.35. The average Bonchev–Trinajstić information content (AvgIpc) is 2.55. The number of ether oxygens (including phenoxy) is 1. The van der Waals surface area contributed by atoms with Crippen molar-refractivity contribution in [3.63, 3.8) is 0 Å². The lowest BCUT2D eigenvalue weighted by Crippen LogP contribution is -2.38. The highest BCUT2D eigenvalue weighted by Gasteiger charge is 2.24. The van der Waals surface area contributed by atoms with Crippen LogP contribution in [0.15, 0.2) is 46.9 Å². The van der Waals surface area contributed by atoms with Crippen molar-refractivity contribution in [3.8, 4) is 5.75 Å². The zero-order chi connectivity index (χ0) is 16.4. The highest BCUT2D eigenvalue weighted by molar-refractivity contribution is 9.10. The summed E-state index contributed by atoms with van der Waals surface area (Å²) in [7, 11) is 0. The molecule has 118 valence electrons. The van der Waals surface area contributed by atoms with Crippen LogP contribution < -0.4 is 15.0 Å². The number of halogens is 1. The quantitative estimate of drug-likeness (QED) is 0.894. The van der Waals surface area contributed by atoms with Gasteiger partial charge in [-0.15, -0.1) is 0 Å². The number of rotatable bonds is 3. The number of carbonyl (C=O) groups is 2. The van der Waals surface area contributed by atoms with Crippen molar-refractivity contribution < 1.29 is 14.3 Å². The van der Waals surface area contributed by atoms with E-state index in [1.807, 2.05) is 13.0 Å². The summed E-state index contributed by atoms with van der Waals surface area (Å²) in [5.74, 6) is 0.329. The Morgan fingerprint density at radius 3 is 2.87 bits per heavy atom. The number of nitrogens with one attached hydrogen (secondary N) is 1. The second kappa shape index (κ2) is 6.42. The highest BCUT2D eigenvalue weighted by Crippen LogP contribution is 2.34. The molecule has 2 amide bonds. The van der Waals surface area contributed by atoms with E-state index in [4.69, 9.17) is 4.74 Å². The van der Waals surface area contributed by atoms with Crippen LogP contribution in [0.1, 0.15) is 17.3 Å². The van der Waals surface area contributed by atoms with Crippen LogP contribution in [0.2, 0.25) is 0 Å². The molecule has 0 bridgehead atoms. The average molecular weight is 375 g/mol. The molecular formula is C17H15BrN2O3. The first-order valence-electron chi connectivity index (χ1n) is 7.22. The van der Waals surface area contributed by atoms with Gasteiger partial charge in [0.1, 0.15) is 5.75 Å². The Hall–Kier alpha value is -2.34. The second-order valence-corrected chi connectivity index (χ2v) is 5.99. The van der Waals surface area contributed by atoms with Crippen molar-refractivity contribution in [2.75, 3.05) is 23.4 Å². The lowest BCUT2D eigenvalue weighted by atomic mass is 10.2. The first-order chi connectivity index (χ1) is 11.1. The minimum atomic E-state index is -0.203. The molecule has 0 radical (unpaired) electrons. The predicted molar refractivity (Wildman–Crippen MR) is 92.1 cm³/mol. The van der Waals surface area contributed by atoms with Crippen molar-refractivity contribution in [2.45, 2.75) is 6.92 Å². The Bertz CT molecular complexity index is 776. The fraction of sp³-hybridized carbons (Fsp3) is 0.176. The number of anilines is 2. The van der Waals surface area contributed by atoms with Gasteiger partial charge in [-0.1, -0.05) is 22.0 Å². The molecule has 0 aromatic heterocycles. The summed E-state index contributed by atoms with van der Waals surface area (Å²) in [5.41, 5.74) is 1.91. The highest BCUT2D eigenvalue weighted by atomic mass is 79.9. The van der Waals surface area contributed by atoms with E-state index in [9.17, 15) is 9.59 Å². The molecule has 6 heteroatoms. The molecule has 2 aromatic carbocycles. The second-order valence-electron chi connectivity index (χ2n) is 5.07.